The number of alkyl halides is 1. The lowest BCUT2D eigenvalue weighted by atomic mass is 10.1. The Bertz CT molecular complexity index is 1090. The van der Waals surface area contributed by atoms with E-state index in [1.807, 2.05) is 18.2 Å². The van der Waals surface area contributed by atoms with Gasteiger partial charge in [0.05, 0.1) is 22.0 Å². The molecule has 2 atom stereocenters. The van der Waals surface area contributed by atoms with Crippen LogP contribution < -0.4 is 5.32 Å². The Labute approximate surface area is 172 Å². The number of rotatable bonds is 4. The van der Waals surface area contributed by atoms with E-state index in [4.69, 9.17) is 0 Å². The molecule has 0 radical (unpaired) electrons. The zero-order valence-corrected chi connectivity index (χ0v) is 17.7. The molecule has 0 bridgehead atoms. The molecule has 0 spiro atoms. The zero-order valence-electron chi connectivity index (χ0n) is 14.7. The van der Waals surface area contributed by atoms with E-state index >= 15 is 0 Å². The van der Waals surface area contributed by atoms with Gasteiger partial charge in [0.1, 0.15) is 0 Å². The molecule has 1 aromatic heterocycles. The topological polar surface area (TPSA) is 75.2 Å². The monoisotopic (exact) mass is 494 g/mol. The number of halogens is 1. The van der Waals surface area contributed by atoms with E-state index in [0.29, 0.717) is 12.5 Å². The van der Waals surface area contributed by atoms with Crippen LogP contribution in [0, 0.1) is 0 Å². The molecule has 8 heteroatoms. The maximum absolute atomic E-state index is 11.9. The van der Waals surface area contributed by atoms with Gasteiger partial charge in [-0.1, -0.05) is 59.0 Å². The largest absolute Gasteiger partial charge is 0.349 e. The Balaban J connectivity index is 1.57. The summed E-state index contributed by atoms with van der Waals surface area (Å²) in [6.07, 6.45) is 3.70. The molecule has 1 unspecified atom stereocenters. The quantitative estimate of drug-likeness (QED) is 0.342. The number of nitrogens with one attached hydrogen (secondary N) is 1. The van der Waals surface area contributed by atoms with Crippen LogP contribution in [0.3, 0.4) is 0 Å². The summed E-state index contributed by atoms with van der Waals surface area (Å²) in [6.45, 7) is 0.508. The molecule has 2 heterocycles. The van der Waals surface area contributed by atoms with Crippen molar-refractivity contribution in [3.05, 3.63) is 54.7 Å². The van der Waals surface area contributed by atoms with Crippen molar-refractivity contribution in [1.29, 1.82) is 0 Å². The minimum Gasteiger partial charge on any atom is -0.349 e. The summed E-state index contributed by atoms with van der Waals surface area (Å²) in [5.41, 5.74) is 1.86. The van der Waals surface area contributed by atoms with Gasteiger partial charge in [-0.3, -0.25) is 0 Å². The molecule has 3 aromatic rings. The maximum atomic E-state index is 11.9. The van der Waals surface area contributed by atoms with Crippen molar-refractivity contribution in [1.82, 2.24) is 14.3 Å². The second-order valence-electron chi connectivity index (χ2n) is 6.61. The normalized spacial score (nSPS) is 20.8. The molecule has 1 fully saturated rings. The summed E-state index contributed by atoms with van der Waals surface area (Å²) in [6, 6.07) is 16.3. The molecular weight excluding hydrogens is 475 g/mol. The number of hydrogen-bond acceptors (Lipinski definition) is 5. The van der Waals surface area contributed by atoms with Crippen molar-refractivity contribution in [2.45, 2.75) is 16.5 Å². The summed E-state index contributed by atoms with van der Waals surface area (Å²) in [4.78, 5) is 8.96. The molecule has 1 N–H and O–H groups in total. The Morgan fingerprint density at radius 3 is 2.67 bits per heavy atom. The standard InChI is InChI=1S/C19H19IN4O2S/c1-27(25,26)24-11-9-17(18(24)20)23-19-21-10-8-16(22-19)15-7-6-13-4-2-3-5-14(13)12-15/h2-8,10,12,17-18H,9,11H2,1H3,(H,21,22,23)/t17-,18?/m0/s1. The van der Waals surface area contributed by atoms with Crippen LogP contribution in [0.15, 0.2) is 54.7 Å². The van der Waals surface area contributed by atoms with Crippen LogP contribution in [0.4, 0.5) is 5.95 Å². The van der Waals surface area contributed by atoms with Crippen molar-refractivity contribution in [2.75, 3.05) is 18.1 Å². The fourth-order valence-electron chi connectivity index (χ4n) is 3.32. The summed E-state index contributed by atoms with van der Waals surface area (Å²) in [5.74, 6) is 0.516. The Kier molecular flexibility index (Phi) is 5.04. The average Bonchev–Trinajstić information content (AvgIpc) is 3.02. The molecule has 1 saturated heterocycles. The fourth-order valence-corrected chi connectivity index (χ4v) is 6.33. The van der Waals surface area contributed by atoms with Gasteiger partial charge in [-0.25, -0.2) is 18.4 Å². The Morgan fingerprint density at radius 2 is 1.93 bits per heavy atom. The van der Waals surface area contributed by atoms with Crippen LogP contribution in [0.25, 0.3) is 22.0 Å². The summed E-state index contributed by atoms with van der Waals surface area (Å²) in [5, 5.41) is 5.65. The van der Waals surface area contributed by atoms with E-state index in [1.54, 1.807) is 6.20 Å². The Morgan fingerprint density at radius 1 is 1.15 bits per heavy atom. The number of sulfonamides is 1. The molecular formula is C19H19IN4O2S. The minimum atomic E-state index is -3.20. The van der Waals surface area contributed by atoms with Gasteiger partial charge in [-0.2, -0.15) is 4.31 Å². The van der Waals surface area contributed by atoms with Crippen molar-refractivity contribution in [3.63, 3.8) is 0 Å². The second-order valence-corrected chi connectivity index (χ2v) is 9.82. The number of nitrogens with zero attached hydrogens (tertiary/aromatic N) is 3. The first-order chi connectivity index (χ1) is 12.9. The van der Waals surface area contributed by atoms with Gasteiger partial charge in [0, 0.05) is 18.3 Å². The van der Waals surface area contributed by atoms with Crippen molar-refractivity contribution >= 4 is 49.3 Å². The molecule has 6 nitrogen and oxygen atoms in total. The smallest absolute Gasteiger partial charge is 0.223 e. The van der Waals surface area contributed by atoms with E-state index in [0.717, 1.165) is 23.1 Å². The molecule has 140 valence electrons. The third kappa shape index (κ3) is 3.92. The van der Waals surface area contributed by atoms with Crippen molar-refractivity contribution < 1.29 is 8.42 Å². The highest BCUT2D eigenvalue weighted by Crippen LogP contribution is 2.29. The third-order valence-electron chi connectivity index (χ3n) is 4.71. The van der Waals surface area contributed by atoms with Crippen LogP contribution in [0.1, 0.15) is 6.42 Å². The highest BCUT2D eigenvalue weighted by Gasteiger charge is 2.37. The molecule has 4 rings (SSSR count). The van der Waals surface area contributed by atoms with Gasteiger partial charge in [-0.15, -0.1) is 0 Å². The highest BCUT2D eigenvalue weighted by molar-refractivity contribution is 14.1. The predicted molar refractivity (Wildman–Crippen MR) is 116 cm³/mol. The first kappa shape index (κ1) is 18.6. The van der Waals surface area contributed by atoms with E-state index in [-0.39, 0.29) is 10.1 Å². The van der Waals surface area contributed by atoms with E-state index in [2.05, 4.69) is 68.2 Å². The lowest BCUT2D eigenvalue weighted by Gasteiger charge is -2.21. The molecule has 0 aliphatic carbocycles. The average molecular weight is 494 g/mol. The number of anilines is 1. The predicted octanol–water partition coefficient (Wildman–Crippen LogP) is 3.50. The lowest BCUT2D eigenvalue weighted by Crippen LogP contribution is -2.37. The fraction of sp³-hybridized carbons (Fsp3) is 0.263. The first-order valence-corrected chi connectivity index (χ1v) is 11.7. The second kappa shape index (κ2) is 7.33. The maximum Gasteiger partial charge on any atom is 0.223 e. The molecule has 1 aliphatic rings. The van der Waals surface area contributed by atoms with Gasteiger partial charge in [0.2, 0.25) is 16.0 Å². The number of benzene rings is 2. The van der Waals surface area contributed by atoms with Gasteiger partial charge in [0.25, 0.3) is 0 Å². The van der Waals surface area contributed by atoms with Crippen LogP contribution in [-0.2, 0) is 10.0 Å². The molecule has 27 heavy (non-hydrogen) atoms. The number of fused-ring (bicyclic) bond motifs is 1. The van der Waals surface area contributed by atoms with Crippen LogP contribution in [0.5, 0.6) is 0 Å². The number of aromatic nitrogens is 2. The summed E-state index contributed by atoms with van der Waals surface area (Å²) >= 11 is 2.17. The third-order valence-corrected chi connectivity index (χ3v) is 7.89. The minimum absolute atomic E-state index is 0.0211. The molecule has 0 saturated carbocycles. The lowest BCUT2D eigenvalue weighted by molar-refractivity contribution is 0.469. The molecule has 1 aliphatic heterocycles. The first-order valence-electron chi connectivity index (χ1n) is 8.61. The van der Waals surface area contributed by atoms with Gasteiger partial charge >= 0.3 is 0 Å². The van der Waals surface area contributed by atoms with E-state index < -0.39 is 10.0 Å². The van der Waals surface area contributed by atoms with Gasteiger partial charge in [-0.05, 0) is 29.3 Å². The van der Waals surface area contributed by atoms with E-state index in [1.165, 1.54) is 15.9 Å². The zero-order chi connectivity index (χ0) is 19.0. The van der Waals surface area contributed by atoms with Gasteiger partial charge < -0.3 is 5.32 Å². The summed E-state index contributed by atoms with van der Waals surface area (Å²) < 4.78 is 25.1. The van der Waals surface area contributed by atoms with Crippen molar-refractivity contribution in [2.24, 2.45) is 0 Å². The molecule has 2 aromatic carbocycles. The van der Waals surface area contributed by atoms with Gasteiger partial charge in [0.15, 0.2) is 0 Å². The van der Waals surface area contributed by atoms with E-state index in [9.17, 15) is 8.42 Å². The Hall–Kier alpha value is -1.78. The highest BCUT2D eigenvalue weighted by atomic mass is 127. The van der Waals surface area contributed by atoms with Crippen LogP contribution in [-0.4, -0.2) is 45.6 Å². The molecule has 0 amide bonds. The number of hydrogen-bond donors (Lipinski definition) is 1. The summed E-state index contributed by atoms with van der Waals surface area (Å²) in [7, 11) is -3.20. The van der Waals surface area contributed by atoms with Crippen LogP contribution in [0.2, 0.25) is 0 Å². The SMILES string of the molecule is CS(=O)(=O)N1CC[C@H](Nc2nccc(-c3ccc4ccccc4c3)n2)C1I. The van der Waals surface area contributed by atoms with Crippen LogP contribution >= 0.6 is 22.6 Å². The van der Waals surface area contributed by atoms with Crippen molar-refractivity contribution in [3.8, 4) is 11.3 Å².